The maximum absolute atomic E-state index is 2.35. The number of hydrogen-bond acceptors (Lipinski definition) is 0. The van der Waals surface area contributed by atoms with Crippen molar-refractivity contribution in [2.45, 2.75) is 49.3 Å². The Hall–Kier alpha value is -0.534. The van der Waals surface area contributed by atoms with E-state index < -0.39 is 0 Å². The molecule has 93 valence electrons. The van der Waals surface area contributed by atoms with Gasteiger partial charge in [-0.2, -0.15) is 0 Å². The van der Waals surface area contributed by atoms with Gasteiger partial charge >= 0.3 is 60.5 Å². The van der Waals surface area contributed by atoms with E-state index in [9.17, 15) is 0 Å². The van der Waals surface area contributed by atoms with Crippen LogP contribution in [0.15, 0.2) is 46.5 Å². The molecule has 1 aliphatic heterocycles. The van der Waals surface area contributed by atoms with Gasteiger partial charge in [-0.15, -0.1) is 0 Å². The van der Waals surface area contributed by atoms with Crippen LogP contribution in [0.4, 0.5) is 0 Å². The number of hydrogen-bond donors (Lipinski definition) is 0. The normalized spacial score (nSPS) is 36.7. The Morgan fingerprint density at radius 3 is 2.06 bits per heavy atom. The van der Waals surface area contributed by atoms with Gasteiger partial charge in [0.25, 0.3) is 0 Å². The molecule has 0 bridgehead atoms. The van der Waals surface area contributed by atoms with Crippen LogP contribution in [-0.2, 0) is 14.7 Å². The van der Waals surface area contributed by atoms with Crippen LogP contribution in [0.3, 0.4) is 0 Å². The van der Waals surface area contributed by atoms with Gasteiger partial charge in [0.2, 0.25) is 0 Å². The first-order valence-electron chi connectivity index (χ1n) is 6.75. The van der Waals surface area contributed by atoms with Crippen LogP contribution in [0.25, 0.3) is 0 Å². The van der Waals surface area contributed by atoms with Gasteiger partial charge in [-0.25, -0.2) is 0 Å². The van der Waals surface area contributed by atoms with E-state index in [2.05, 4.69) is 36.5 Å². The molecule has 0 aromatic heterocycles. The van der Waals surface area contributed by atoms with Crippen LogP contribution in [0, 0.1) is 0 Å². The van der Waals surface area contributed by atoms with Crippen molar-refractivity contribution in [1.29, 1.82) is 0 Å². The predicted octanol–water partition coefficient (Wildman–Crippen LogP) is 4.92. The monoisotopic (exact) mass is 271 g/mol. The largest absolute Gasteiger partial charge is 0.0882 e. The Kier molecular flexibility index (Phi) is 3.39. The minimum absolute atomic E-state index is 0.663. The second kappa shape index (κ2) is 4.99. The molecule has 3 aliphatic carbocycles. The van der Waals surface area contributed by atoms with Crippen molar-refractivity contribution in [3.63, 3.8) is 0 Å². The molecule has 17 heavy (non-hydrogen) atoms. The van der Waals surface area contributed by atoms with Crippen molar-refractivity contribution in [1.82, 2.24) is 0 Å². The molecule has 1 saturated heterocycles. The van der Waals surface area contributed by atoms with Crippen LogP contribution in [0.5, 0.6) is 0 Å². The zero-order valence-electron chi connectivity index (χ0n) is 10.2. The van der Waals surface area contributed by atoms with Crippen molar-refractivity contribution in [3.8, 4) is 0 Å². The molecular weight excluding hydrogens is 251 g/mol. The average Bonchev–Trinajstić information content (AvgIpc) is 2.66. The summed E-state index contributed by atoms with van der Waals surface area (Å²) in [6, 6.07) is 0. The fraction of sp³-hybridized carbons (Fsp3) is 0.500. The van der Waals surface area contributed by atoms with Crippen LogP contribution < -0.4 is 0 Å². The second-order valence-corrected chi connectivity index (χ2v) is 6.69. The Morgan fingerprint density at radius 1 is 0.882 bits per heavy atom. The first kappa shape index (κ1) is 11.6. The van der Waals surface area contributed by atoms with Gasteiger partial charge in [0.05, 0.1) is 0 Å². The first-order valence-corrected chi connectivity index (χ1v) is 7.79. The maximum Gasteiger partial charge on any atom is -0.0316 e. The fourth-order valence-corrected chi connectivity index (χ4v) is 4.42. The zero-order chi connectivity index (χ0) is 11.6. The predicted molar refractivity (Wildman–Crippen MR) is 69.5 cm³/mol. The van der Waals surface area contributed by atoms with Gasteiger partial charge < -0.3 is 0 Å². The molecule has 1 saturated carbocycles. The molecule has 0 aromatic rings. The third kappa shape index (κ3) is 2.36. The third-order valence-electron chi connectivity index (χ3n) is 3.76. The molecule has 1 unspecified atom stereocenters. The molecule has 4 aliphatic rings. The molecule has 1 atom stereocenters. The number of rotatable bonds is 0. The quantitative estimate of drug-likeness (QED) is 0.548. The summed E-state index contributed by atoms with van der Waals surface area (Å²) >= 11 is 1.67. The second-order valence-electron chi connectivity index (χ2n) is 4.98. The van der Waals surface area contributed by atoms with E-state index in [1.165, 1.54) is 44.9 Å². The third-order valence-corrected chi connectivity index (χ3v) is 5.72. The Balaban J connectivity index is 0.000000108. The molecule has 0 radical (unpaired) electrons. The molecule has 0 nitrogen and oxygen atoms in total. The van der Waals surface area contributed by atoms with Gasteiger partial charge in [-0.3, -0.25) is 0 Å². The van der Waals surface area contributed by atoms with Crippen molar-refractivity contribution in [3.05, 3.63) is 46.5 Å². The minimum atomic E-state index is 0.663. The summed E-state index contributed by atoms with van der Waals surface area (Å²) in [5.74, 6) is 0. The smallest absolute Gasteiger partial charge is 0.0316 e. The number of allylic oxidation sites excluding steroid dienone is 8. The van der Waals surface area contributed by atoms with E-state index in [1.807, 2.05) is 0 Å². The van der Waals surface area contributed by atoms with E-state index >= 15 is 0 Å². The summed E-state index contributed by atoms with van der Waals surface area (Å²) in [6.45, 7) is 0. The zero-order valence-corrected chi connectivity index (χ0v) is 11.3. The summed E-state index contributed by atoms with van der Waals surface area (Å²) in [5.41, 5.74) is 1.73. The topological polar surface area (TPSA) is 0 Å². The van der Waals surface area contributed by atoms with E-state index in [0.29, 0.717) is 4.35 Å². The molecule has 0 N–H and O–H groups in total. The SMILES string of the molecule is C1=C2CCC[C]23[Co][C]3=C1.C1=C\CC/C=C\CC/1. The van der Waals surface area contributed by atoms with Crippen molar-refractivity contribution in [2.24, 2.45) is 0 Å². The summed E-state index contributed by atoms with van der Waals surface area (Å²) in [4.78, 5) is 0. The molecule has 2 fully saturated rings. The van der Waals surface area contributed by atoms with E-state index in [-0.39, 0.29) is 0 Å². The minimum Gasteiger partial charge on any atom is -0.0882 e. The summed E-state index contributed by atoms with van der Waals surface area (Å²) in [7, 11) is 0. The maximum atomic E-state index is 2.35. The van der Waals surface area contributed by atoms with Gasteiger partial charge in [-0.05, 0) is 25.7 Å². The van der Waals surface area contributed by atoms with Crippen molar-refractivity contribution >= 4 is 0 Å². The summed E-state index contributed by atoms with van der Waals surface area (Å²) in [5, 5.41) is 0. The van der Waals surface area contributed by atoms with Gasteiger partial charge in [0, 0.05) is 0 Å². The van der Waals surface area contributed by atoms with Gasteiger partial charge in [-0.1, -0.05) is 24.3 Å². The van der Waals surface area contributed by atoms with Crippen LogP contribution in [0.1, 0.15) is 44.9 Å². The molecule has 4 rings (SSSR count). The van der Waals surface area contributed by atoms with E-state index in [4.69, 9.17) is 0 Å². The molecule has 1 heterocycles. The Morgan fingerprint density at radius 2 is 1.53 bits per heavy atom. The van der Waals surface area contributed by atoms with E-state index in [1.54, 1.807) is 24.8 Å². The molecule has 1 spiro atoms. The standard InChI is InChI=1S/C8H8.C8H12.Co/c1-3-7-5-2-6-8(7)4-1;1-2-4-6-8-7-5-3-1;/h1,3H,2,5-6H2;1-2,7-8H,3-6H2;/b;2-1-,8-7-;. The Bertz CT molecular complexity index is 385. The summed E-state index contributed by atoms with van der Waals surface area (Å²) < 4.78 is 2.36. The molecule has 0 aromatic carbocycles. The molecular formula is C16H20Co. The van der Waals surface area contributed by atoms with E-state index in [0.717, 1.165) is 0 Å². The van der Waals surface area contributed by atoms with Gasteiger partial charge in [0.15, 0.2) is 0 Å². The fourth-order valence-electron chi connectivity index (χ4n) is 2.75. The Labute approximate surface area is 111 Å². The van der Waals surface area contributed by atoms with Gasteiger partial charge in [0.1, 0.15) is 0 Å². The first-order chi connectivity index (χ1) is 8.42. The van der Waals surface area contributed by atoms with Crippen molar-refractivity contribution in [2.75, 3.05) is 0 Å². The van der Waals surface area contributed by atoms with Crippen LogP contribution in [0.2, 0.25) is 4.35 Å². The van der Waals surface area contributed by atoms with Crippen LogP contribution in [-0.4, -0.2) is 0 Å². The molecule has 0 amide bonds. The van der Waals surface area contributed by atoms with Crippen LogP contribution >= 0.6 is 0 Å². The molecule has 1 heteroatoms. The van der Waals surface area contributed by atoms with Crippen molar-refractivity contribution < 1.29 is 14.7 Å². The average molecular weight is 271 g/mol. The summed E-state index contributed by atoms with van der Waals surface area (Å²) in [6.07, 6.45) is 22.9.